The molecule has 0 atom stereocenters. The van der Waals surface area contributed by atoms with Crippen LogP contribution >= 0.6 is 15.9 Å². The lowest BCUT2D eigenvalue weighted by Gasteiger charge is -2.11. The molecule has 0 saturated carbocycles. The molecule has 0 fully saturated rings. The van der Waals surface area contributed by atoms with Gasteiger partial charge in [-0.05, 0) is 30.3 Å². The summed E-state index contributed by atoms with van der Waals surface area (Å²) in [6.45, 7) is -0.548. The number of carbonyl (C=O) groups is 1. The number of rotatable bonds is 3. The van der Waals surface area contributed by atoms with E-state index < -0.39 is 24.3 Å². The maximum absolute atomic E-state index is 13.4. The minimum Gasteiger partial charge on any atom is -0.391 e. The first kappa shape index (κ1) is 15.4. The van der Waals surface area contributed by atoms with Crippen LogP contribution in [0.1, 0.15) is 5.56 Å². The summed E-state index contributed by atoms with van der Waals surface area (Å²) in [5, 5.41) is 13.9. The van der Waals surface area contributed by atoms with E-state index in [4.69, 9.17) is 5.11 Å². The van der Waals surface area contributed by atoms with E-state index >= 15 is 0 Å². The Balaban J connectivity index is 2.13. The number of aliphatic hydroxyl groups is 1. The number of hydrogen-bond donors (Lipinski definition) is 3. The molecule has 2 rings (SSSR count). The summed E-state index contributed by atoms with van der Waals surface area (Å²) in [6, 6.07) is 7.27. The highest BCUT2D eigenvalue weighted by Crippen LogP contribution is 2.21. The molecular formula is C14H11BrF2N2O2. The van der Waals surface area contributed by atoms with Crippen molar-refractivity contribution in [1.29, 1.82) is 0 Å². The zero-order chi connectivity index (χ0) is 15.4. The molecule has 7 heteroatoms. The van der Waals surface area contributed by atoms with Gasteiger partial charge in [0.25, 0.3) is 0 Å². The van der Waals surface area contributed by atoms with Crippen LogP contribution in [-0.4, -0.2) is 11.1 Å². The Hall–Kier alpha value is -1.99. The molecule has 0 aromatic heterocycles. The second-order valence-electron chi connectivity index (χ2n) is 4.16. The topological polar surface area (TPSA) is 61.4 Å². The number of urea groups is 1. The van der Waals surface area contributed by atoms with Crippen LogP contribution in [0.5, 0.6) is 0 Å². The van der Waals surface area contributed by atoms with Crippen molar-refractivity contribution in [2.24, 2.45) is 0 Å². The zero-order valence-corrected chi connectivity index (χ0v) is 12.2. The normalized spacial score (nSPS) is 10.3. The molecule has 0 unspecified atom stereocenters. The van der Waals surface area contributed by atoms with Crippen LogP contribution in [0.4, 0.5) is 25.0 Å². The Bertz CT molecular complexity index is 660. The van der Waals surface area contributed by atoms with Gasteiger partial charge in [-0.3, -0.25) is 0 Å². The van der Waals surface area contributed by atoms with Gasteiger partial charge in [-0.15, -0.1) is 0 Å². The molecule has 110 valence electrons. The Labute approximate surface area is 127 Å². The number of anilines is 2. The monoisotopic (exact) mass is 356 g/mol. The van der Waals surface area contributed by atoms with Gasteiger partial charge in [-0.1, -0.05) is 22.0 Å². The molecule has 0 spiro atoms. The third kappa shape index (κ3) is 3.99. The first-order chi connectivity index (χ1) is 9.99. The van der Waals surface area contributed by atoms with Gasteiger partial charge in [0, 0.05) is 15.7 Å². The number of amides is 2. The van der Waals surface area contributed by atoms with Crippen molar-refractivity contribution in [3.05, 3.63) is 58.1 Å². The van der Waals surface area contributed by atoms with Crippen LogP contribution in [0, 0.1) is 11.6 Å². The fraction of sp³-hybridized carbons (Fsp3) is 0.0714. The summed E-state index contributed by atoms with van der Waals surface area (Å²) in [4.78, 5) is 11.8. The van der Waals surface area contributed by atoms with Crippen molar-refractivity contribution in [2.45, 2.75) is 6.61 Å². The molecule has 0 aliphatic rings. The van der Waals surface area contributed by atoms with Crippen LogP contribution in [0.15, 0.2) is 40.9 Å². The number of carbonyl (C=O) groups excluding carboxylic acids is 1. The summed E-state index contributed by atoms with van der Waals surface area (Å²) >= 11 is 3.11. The van der Waals surface area contributed by atoms with E-state index in [-0.39, 0.29) is 16.9 Å². The van der Waals surface area contributed by atoms with E-state index in [0.717, 1.165) is 6.07 Å². The predicted octanol–water partition coefficient (Wildman–Crippen LogP) is 3.86. The molecule has 0 saturated heterocycles. The highest BCUT2D eigenvalue weighted by Gasteiger charge is 2.11. The third-order valence-corrected chi connectivity index (χ3v) is 3.10. The minimum atomic E-state index is -0.673. The number of hydrogen-bond acceptors (Lipinski definition) is 2. The van der Waals surface area contributed by atoms with E-state index in [0.29, 0.717) is 4.47 Å². The molecule has 2 amide bonds. The maximum Gasteiger partial charge on any atom is 0.323 e. The number of aliphatic hydroxyl groups excluding tert-OH is 1. The molecule has 21 heavy (non-hydrogen) atoms. The quantitative estimate of drug-likeness (QED) is 0.781. The summed E-state index contributed by atoms with van der Waals surface area (Å²) in [5.41, 5.74) is 0.361. The highest BCUT2D eigenvalue weighted by atomic mass is 79.9. The Morgan fingerprint density at radius 2 is 1.95 bits per heavy atom. The Kier molecular flexibility index (Phi) is 4.87. The maximum atomic E-state index is 13.4. The minimum absolute atomic E-state index is 0.0203. The van der Waals surface area contributed by atoms with E-state index in [9.17, 15) is 13.6 Å². The molecule has 0 aliphatic carbocycles. The molecule has 3 N–H and O–H groups in total. The first-order valence-electron chi connectivity index (χ1n) is 5.92. The standard InChI is InChI=1S/C14H11BrF2N2O2/c15-8-4-9(16)6-10(5-8)18-14(21)19-13-3-1-2-12(17)11(13)7-20/h1-6,20H,7H2,(H2,18,19,21). The van der Waals surface area contributed by atoms with Crippen molar-refractivity contribution in [3.8, 4) is 0 Å². The van der Waals surface area contributed by atoms with Crippen molar-refractivity contribution in [1.82, 2.24) is 0 Å². The van der Waals surface area contributed by atoms with E-state index in [1.807, 2.05) is 0 Å². The van der Waals surface area contributed by atoms with Gasteiger partial charge in [0.2, 0.25) is 0 Å². The summed E-state index contributed by atoms with van der Waals surface area (Å²) in [6.07, 6.45) is 0. The van der Waals surface area contributed by atoms with Crippen molar-refractivity contribution in [3.63, 3.8) is 0 Å². The lowest BCUT2D eigenvalue weighted by Crippen LogP contribution is -2.20. The smallest absolute Gasteiger partial charge is 0.323 e. The molecular weight excluding hydrogens is 346 g/mol. The van der Waals surface area contributed by atoms with Crippen molar-refractivity contribution in [2.75, 3.05) is 10.6 Å². The highest BCUT2D eigenvalue weighted by molar-refractivity contribution is 9.10. The van der Waals surface area contributed by atoms with E-state index in [2.05, 4.69) is 26.6 Å². The fourth-order valence-electron chi connectivity index (χ4n) is 1.75. The van der Waals surface area contributed by atoms with Gasteiger partial charge in [-0.25, -0.2) is 13.6 Å². The zero-order valence-electron chi connectivity index (χ0n) is 10.7. The largest absolute Gasteiger partial charge is 0.391 e. The Morgan fingerprint density at radius 3 is 2.62 bits per heavy atom. The summed E-state index contributed by atoms with van der Waals surface area (Å²) in [5.74, 6) is -1.13. The van der Waals surface area contributed by atoms with Crippen molar-refractivity contribution < 1.29 is 18.7 Å². The average Bonchev–Trinajstić information content (AvgIpc) is 2.37. The second kappa shape index (κ2) is 6.64. The van der Waals surface area contributed by atoms with E-state index in [1.54, 1.807) is 0 Å². The van der Waals surface area contributed by atoms with Crippen molar-refractivity contribution >= 4 is 33.3 Å². The van der Waals surface area contributed by atoms with Gasteiger partial charge in [-0.2, -0.15) is 0 Å². The average molecular weight is 357 g/mol. The molecule has 0 radical (unpaired) electrons. The molecule has 0 heterocycles. The van der Waals surface area contributed by atoms with Gasteiger partial charge >= 0.3 is 6.03 Å². The van der Waals surface area contributed by atoms with Gasteiger partial charge in [0.05, 0.1) is 12.3 Å². The van der Waals surface area contributed by atoms with Crippen LogP contribution in [0.2, 0.25) is 0 Å². The van der Waals surface area contributed by atoms with Gasteiger partial charge in [0.1, 0.15) is 11.6 Å². The second-order valence-corrected chi connectivity index (χ2v) is 5.08. The molecule has 0 aliphatic heterocycles. The number of halogens is 3. The molecule has 2 aromatic rings. The van der Waals surface area contributed by atoms with Crippen LogP contribution in [0.25, 0.3) is 0 Å². The van der Waals surface area contributed by atoms with Gasteiger partial charge < -0.3 is 15.7 Å². The summed E-state index contributed by atoms with van der Waals surface area (Å²) in [7, 11) is 0. The molecule has 0 bridgehead atoms. The SMILES string of the molecule is O=C(Nc1cc(F)cc(Br)c1)Nc1cccc(F)c1CO. The number of nitrogens with one attached hydrogen (secondary N) is 2. The van der Waals surface area contributed by atoms with Crippen LogP contribution in [-0.2, 0) is 6.61 Å². The van der Waals surface area contributed by atoms with Crippen LogP contribution in [0.3, 0.4) is 0 Å². The molecule has 4 nitrogen and oxygen atoms in total. The lowest BCUT2D eigenvalue weighted by atomic mass is 10.2. The lowest BCUT2D eigenvalue weighted by molar-refractivity contribution is 0.261. The predicted molar refractivity (Wildman–Crippen MR) is 79.1 cm³/mol. The summed E-state index contributed by atoms with van der Waals surface area (Å²) < 4.78 is 27.1. The molecule has 2 aromatic carbocycles. The fourth-order valence-corrected chi connectivity index (χ4v) is 2.21. The third-order valence-electron chi connectivity index (χ3n) is 2.65. The Morgan fingerprint density at radius 1 is 1.19 bits per heavy atom. The number of benzene rings is 2. The van der Waals surface area contributed by atoms with Crippen LogP contribution < -0.4 is 10.6 Å². The van der Waals surface area contributed by atoms with E-state index in [1.165, 1.54) is 30.3 Å². The van der Waals surface area contributed by atoms with Gasteiger partial charge in [0.15, 0.2) is 0 Å². The first-order valence-corrected chi connectivity index (χ1v) is 6.71.